The van der Waals surface area contributed by atoms with E-state index in [1.54, 1.807) is 30.3 Å². The lowest BCUT2D eigenvalue weighted by Crippen LogP contribution is -2.28. The quantitative estimate of drug-likeness (QED) is 0.627. The van der Waals surface area contributed by atoms with Crippen LogP contribution in [0.1, 0.15) is 37.3 Å². The molecule has 0 saturated carbocycles. The van der Waals surface area contributed by atoms with Crippen molar-refractivity contribution in [2.45, 2.75) is 33.1 Å². The number of anilines is 1. The summed E-state index contributed by atoms with van der Waals surface area (Å²) in [7, 11) is 0. The molecule has 0 fully saturated rings. The molecule has 1 aliphatic heterocycles. The molecule has 6 heteroatoms. The number of carboxylic acids is 1. The van der Waals surface area contributed by atoms with Gasteiger partial charge in [0.2, 0.25) is 0 Å². The van der Waals surface area contributed by atoms with Crippen LogP contribution >= 0.6 is 11.6 Å². The minimum atomic E-state index is -1.04. The SMILES string of the molecule is CCCC1=NN(c2ccc(C)cc2)C(=O)C1CC(=Cc1ccc(Cl)cc1)C(=O)O. The summed E-state index contributed by atoms with van der Waals surface area (Å²) in [6, 6.07) is 14.5. The summed E-state index contributed by atoms with van der Waals surface area (Å²) in [5, 5.41) is 16.2. The van der Waals surface area contributed by atoms with E-state index in [1.807, 2.05) is 38.1 Å². The first-order valence-corrected chi connectivity index (χ1v) is 9.94. The molecule has 1 aliphatic rings. The van der Waals surface area contributed by atoms with Crippen LogP contribution in [0, 0.1) is 12.8 Å². The van der Waals surface area contributed by atoms with Crippen molar-refractivity contribution in [3.63, 3.8) is 0 Å². The maximum Gasteiger partial charge on any atom is 0.331 e. The van der Waals surface area contributed by atoms with Crippen LogP contribution in [0.2, 0.25) is 5.02 Å². The second-order valence-electron chi connectivity index (χ2n) is 7.11. The van der Waals surface area contributed by atoms with Crippen molar-refractivity contribution in [3.05, 3.63) is 70.3 Å². The van der Waals surface area contributed by atoms with Crippen LogP contribution in [-0.4, -0.2) is 22.7 Å². The first-order chi connectivity index (χ1) is 13.9. The molecule has 29 heavy (non-hydrogen) atoms. The number of rotatable bonds is 7. The van der Waals surface area contributed by atoms with E-state index < -0.39 is 11.9 Å². The summed E-state index contributed by atoms with van der Waals surface area (Å²) in [5.74, 6) is -1.82. The number of hydrazone groups is 1. The maximum absolute atomic E-state index is 13.1. The number of aliphatic carboxylic acids is 1. The van der Waals surface area contributed by atoms with Gasteiger partial charge in [0.25, 0.3) is 5.91 Å². The van der Waals surface area contributed by atoms with E-state index in [9.17, 15) is 14.7 Å². The molecule has 1 unspecified atom stereocenters. The molecule has 5 nitrogen and oxygen atoms in total. The molecule has 0 aliphatic carbocycles. The average Bonchev–Trinajstić information content (AvgIpc) is 2.99. The van der Waals surface area contributed by atoms with Crippen molar-refractivity contribution in [3.8, 4) is 0 Å². The molecule has 0 aromatic heterocycles. The van der Waals surface area contributed by atoms with E-state index in [4.69, 9.17) is 11.6 Å². The zero-order chi connectivity index (χ0) is 21.0. The lowest BCUT2D eigenvalue weighted by atomic mass is 9.91. The highest BCUT2D eigenvalue weighted by atomic mass is 35.5. The van der Waals surface area contributed by atoms with Gasteiger partial charge >= 0.3 is 5.97 Å². The van der Waals surface area contributed by atoms with Gasteiger partial charge in [-0.2, -0.15) is 5.10 Å². The molecule has 1 N–H and O–H groups in total. The monoisotopic (exact) mass is 410 g/mol. The number of amides is 1. The number of aryl methyl sites for hydroxylation is 1. The predicted molar refractivity (Wildman–Crippen MR) is 116 cm³/mol. The fraction of sp³-hybridized carbons (Fsp3) is 0.261. The van der Waals surface area contributed by atoms with Gasteiger partial charge in [-0.3, -0.25) is 4.79 Å². The fourth-order valence-electron chi connectivity index (χ4n) is 3.28. The highest BCUT2D eigenvalue weighted by molar-refractivity contribution is 6.30. The summed E-state index contributed by atoms with van der Waals surface area (Å²) in [4.78, 5) is 25.0. The molecular formula is C23H23ClN2O3. The largest absolute Gasteiger partial charge is 0.478 e. The van der Waals surface area contributed by atoms with Gasteiger partial charge in [0.15, 0.2) is 0 Å². The van der Waals surface area contributed by atoms with Crippen molar-refractivity contribution in [2.24, 2.45) is 11.0 Å². The zero-order valence-corrected chi connectivity index (χ0v) is 17.2. The Morgan fingerprint density at radius 2 is 1.83 bits per heavy atom. The van der Waals surface area contributed by atoms with Crippen molar-refractivity contribution < 1.29 is 14.7 Å². The Balaban J connectivity index is 1.89. The minimum Gasteiger partial charge on any atom is -0.478 e. The van der Waals surface area contributed by atoms with Crippen LogP contribution in [0.3, 0.4) is 0 Å². The predicted octanol–water partition coefficient (Wildman–Crippen LogP) is 5.33. The Morgan fingerprint density at radius 3 is 2.41 bits per heavy atom. The molecule has 2 aromatic rings. The number of hydrogen-bond donors (Lipinski definition) is 1. The average molecular weight is 411 g/mol. The second kappa shape index (κ2) is 9.05. The molecule has 0 bridgehead atoms. The van der Waals surface area contributed by atoms with Crippen LogP contribution in [0.5, 0.6) is 0 Å². The Hall–Kier alpha value is -2.92. The molecule has 1 amide bonds. The fourth-order valence-corrected chi connectivity index (χ4v) is 3.41. The summed E-state index contributed by atoms with van der Waals surface area (Å²) in [6.07, 6.45) is 3.16. The molecule has 1 heterocycles. The lowest BCUT2D eigenvalue weighted by Gasteiger charge is -2.15. The number of hydrogen-bond acceptors (Lipinski definition) is 3. The zero-order valence-electron chi connectivity index (χ0n) is 16.4. The third kappa shape index (κ3) is 4.93. The van der Waals surface area contributed by atoms with Gasteiger partial charge < -0.3 is 5.11 Å². The van der Waals surface area contributed by atoms with Crippen molar-refractivity contribution in [1.82, 2.24) is 0 Å². The Bertz CT molecular complexity index is 963. The highest BCUT2D eigenvalue weighted by Crippen LogP contribution is 2.30. The van der Waals surface area contributed by atoms with Gasteiger partial charge in [-0.1, -0.05) is 54.8 Å². The maximum atomic E-state index is 13.1. The van der Waals surface area contributed by atoms with Crippen LogP contribution < -0.4 is 5.01 Å². The van der Waals surface area contributed by atoms with Gasteiger partial charge in [0, 0.05) is 10.6 Å². The smallest absolute Gasteiger partial charge is 0.331 e. The topological polar surface area (TPSA) is 70.0 Å². The van der Waals surface area contributed by atoms with E-state index in [0.29, 0.717) is 17.1 Å². The molecule has 0 saturated heterocycles. The number of carboxylic acid groups (broad SMARTS) is 1. The number of nitrogens with zero attached hydrogens (tertiary/aromatic N) is 2. The summed E-state index contributed by atoms with van der Waals surface area (Å²) in [5.41, 5.74) is 3.40. The minimum absolute atomic E-state index is 0.0952. The number of halogens is 1. The standard InChI is InChI=1S/C23H23ClN2O3/c1-3-4-21-20(22(27)26(25-21)19-11-5-15(2)6-12-19)14-17(23(28)29)13-16-7-9-18(24)10-8-16/h5-13,20H,3-4,14H2,1-2H3,(H,28,29). The van der Waals surface area contributed by atoms with Crippen molar-refractivity contribution >= 4 is 41.0 Å². The van der Waals surface area contributed by atoms with Crippen LogP contribution in [-0.2, 0) is 9.59 Å². The van der Waals surface area contributed by atoms with Gasteiger partial charge in [-0.25, -0.2) is 9.80 Å². The molecule has 1 atom stereocenters. The van der Waals surface area contributed by atoms with E-state index in [0.717, 1.165) is 23.3 Å². The van der Waals surface area contributed by atoms with Gasteiger partial charge in [0.1, 0.15) is 0 Å². The highest BCUT2D eigenvalue weighted by Gasteiger charge is 2.37. The Labute approximate surface area is 175 Å². The van der Waals surface area contributed by atoms with E-state index in [2.05, 4.69) is 5.10 Å². The van der Waals surface area contributed by atoms with Crippen LogP contribution in [0.15, 0.2) is 59.2 Å². The molecular weight excluding hydrogens is 388 g/mol. The summed E-state index contributed by atoms with van der Waals surface area (Å²) < 4.78 is 0. The van der Waals surface area contributed by atoms with E-state index >= 15 is 0 Å². The van der Waals surface area contributed by atoms with Crippen molar-refractivity contribution in [1.29, 1.82) is 0 Å². The van der Waals surface area contributed by atoms with Crippen LogP contribution in [0.4, 0.5) is 5.69 Å². The van der Waals surface area contributed by atoms with Gasteiger partial charge in [0.05, 0.1) is 17.3 Å². The Morgan fingerprint density at radius 1 is 1.17 bits per heavy atom. The number of benzene rings is 2. The summed E-state index contributed by atoms with van der Waals surface area (Å²) in [6.45, 7) is 3.99. The van der Waals surface area contributed by atoms with Gasteiger partial charge in [-0.15, -0.1) is 0 Å². The first kappa shape index (κ1) is 20.8. The number of carbonyl (C=O) groups is 2. The molecule has 150 valence electrons. The third-order valence-electron chi connectivity index (χ3n) is 4.83. The molecule has 0 radical (unpaired) electrons. The lowest BCUT2D eigenvalue weighted by molar-refractivity contribution is -0.132. The number of carbonyl (C=O) groups excluding carboxylic acids is 1. The van der Waals surface area contributed by atoms with E-state index in [-0.39, 0.29) is 17.9 Å². The van der Waals surface area contributed by atoms with Gasteiger partial charge in [-0.05, 0) is 55.7 Å². The van der Waals surface area contributed by atoms with Crippen LogP contribution in [0.25, 0.3) is 6.08 Å². The molecule has 0 spiro atoms. The normalized spacial score (nSPS) is 16.9. The molecule has 3 rings (SSSR count). The third-order valence-corrected chi connectivity index (χ3v) is 5.08. The first-order valence-electron chi connectivity index (χ1n) is 9.56. The summed E-state index contributed by atoms with van der Waals surface area (Å²) >= 11 is 5.90. The second-order valence-corrected chi connectivity index (χ2v) is 7.55. The Kier molecular flexibility index (Phi) is 6.49. The molecule has 2 aromatic carbocycles. The van der Waals surface area contributed by atoms with E-state index in [1.165, 1.54) is 5.01 Å². The van der Waals surface area contributed by atoms with Crippen molar-refractivity contribution in [2.75, 3.05) is 5.01 Å².